The zero-order valence-electron chi connectivity index (χ0n) is 8.42. The van der Waals surface area contributed by atoms with Gasteiger partial charge in [-0.2, -0.15) is 0 Å². The summed E-state index contributed by atoms with van der Waals surface area (Å²) in [7, 11) is 0. The Bertz CT molecular complexity index is 384. The fraction of sp³-hybridized carbons (Fsp3) is 0.250. The minimum Gasteiger partial charge on any atom is -0.465 e. The fourth-order valence-electron chi connectivity index (χ4n) is 0.964. The van der Waals surface area contributed by atoms with E-state index in [1.807, 2.05) is 0 Å². The normalized spacial score (nSPS) is 8.93. The van der Waals surface area contributed by atoms with Crippen molar-refractivity contribution >= 4 is 5.97 Å². The van der Waals surface area contributed by atoms with Crippen LogP contribution >= 0.6 is 0 Å². The molecule has 0 aliphatic rings. The zero-order valence-corrected chi connectivity index (χ0v) is 8.42. The number of hydrogen-bond donors (Lipinski definition) is 0. The Hall–Kier alpha value is -1.82. The molecule has 0 atom stereocenters. The third-order valence-corrected chi connectivity index (χ3v) is 1.61. The van der Waals surface area contributed by atoms with Crippen molar-refractivity contribution < 1.29 is 13.9 Å². The van der Waals surface area contributed by atoms with Gasteiger partial charge in [0.15, 0.2) is 0 Å². The van der Waals surface area contributed by atoms with E-state index in [1.165, 1.54) is 12.1 Å². The van der Waals surface area contributed by atoms with Crippen molar-refractivity contribution in [2.24, 2.45) is 0 Å². The number of hydrogen-bond acceptors (Lipinski definition) is 2. The Morgan fingerprint density at radius 3 is 2.67 bits per heavy atom. The molecule has 0 heterocycles. The van der Waals surface area contributed by atoms with Crippen molar-refractivity contribution in [1.29, 1.82) is 0 Å². The van der Waals surface area contributed by atoms with E-state index in [1.54, 1.807) is 19.1 Å². The first-order chi connectivity index (χ1) is 7.22. The lowest BCUT2D eigenvalue weighted by molar-refractivity contribution is -0.141. The Morgan fingerprint density at radius 2 is 2.07 bits per heavy atom. The van der Waals surface area contributed by atoms with Crippen LogP contribution in [0.3, 0.4) is 0 Å². The molecule has 0 fully saturated rings. The van der Waals surface area contributed by atoms with Crippen LogP contribution in [0.2, 0.25) is 0 Å². The van der Waals surface area contributed by atoms with Crippen LogP contribution in [-0.4, -0.2) is 12.6 Å². The molecule has 0 radical (unpaired) electrons. The minimum atomic E-state index is -0.341. The van der Waals surface area contributed by atoms with Crippen LogP contribution in [0.25, 0.3) is 0 Å². The summed E-state index contributed by atoms with van der Waals surface area (Å²) in [6, 6.07) is 5.78. The molecular formula is C12H11FO2. The molecule has 0 amide bonds. The second kappa shape index (κ2) is 5.82. The molecule has 0 aromatic heterocycles. The van der Waals surface area contributed by atoms with E-state index in [0.29, 0.717) is 12.2 Å². The highest BCUT2D eigenvalue weighted by atomic mass is 19.1. The molecule has 1 aromatic rings. The lowest BCUT2D eigenvalue weighted by Crippen LogP contribution is -2.01. The lowest BCUT2D eigenvalue weighted by Gasteiger charge is -1.94. The summed E-state index contributed by atoms with van der Waals surface area (Å²) in [5.41, 5.74) is 0.681. The first-order valence-electron chi connectivity index (χ1n) is 4.62. The van der Waals surface area contributed by atoms with Crippen molar-refractivity contribution in [1.82, 2.24) is 0 Å². The largest absolute Gasteiger partial charge is 0.465 e. The van der Waals surface area contributed by atoms with Crippen LogP contribution in [0.1, 0.15) is 18.9 Å². The van der Waals surface area contributed by atoms with E-state index in [9.17, 15) is 9.18 Å². The Morgan fingerprint density at radius 1 is 1.40 bits per heavy atom. The molecule has 78 valence electrons. The highest BCUT2D eigenvalue weighted by Gasteiger charge is 1.96. The van der Waals surface area contributed by atoms with Crippen LogP contribution in [-0.2, 0) is 9.53 Å². The zero-order chi connectivity index (χ0) is 11.1. The number of carbonyl (C=O) groups is 1. The van der Waals surface area contributed by atoms with Crippen molar-refractivity contribution in [3.05, 3.63) is 35.6 Å². The Kier molecular flexibility index (Phi) is 4.36. The SMILES string of the molecule is CCOC(=O)CC#Cc1ccc(F)cc1. The standard InChI is InChI=1S/C12H11FO2/c1-2-15-12(14)5-3-4-10-6-8-11(13)9-7-10/h6-9H,2,5H2,1H3. The van der Waals surface area contributed by atoms with Crippen molar-refractivity contribution in [3.8, 4) is 11.8 Å². The van der Waals surface area contributed by atoms with Crippen LogP contribution < -0.4 is 0 Å². The van der Waals surface area contributed by atoms with E-state index < -0.39 is 0 Å². The van der Waals surface area contributed by atoms with Crippen molar-refractivity contribution in [2.75, 3.05) is 6.61 Å². The summed E-state index contributed by atoms with van der Waals surface area (Å²) >= 11 is 0. The van der Waals surface area contributed by atoms with Gasteiger partial charge in [0.1, 0.15) is 12.2 Å². The number of benzene rings is 1. The molecule has 1 rings (SSSR count). The summed E-state index contributed by atoms with van der Waals surface area (Å²) < 4.78 is 17.2. The van der Waals surface area contributed by atoms with Gasteiger partial charge >= 0.3 is 5.97 Å². The molecule has 0 aliphatic carbocycles. The molecule has 0 bridgehead atoms. The van der Waals surface area contributed by atoms with Gasteiger partial charge in [0, 0.05) is 5.56 Å². The van der Waals surface area contributed by atoms with Gasteiger partial charge in [0.05, 0.1) is 6.61 Å². The fourth-order valence-corrected chi connectivity index (χ4v) is 0.964. The monoisotopic (exact) mass is 206 g/mol. The molecular weight excluding hydrogens is 195 g/mol. The highest BCUT2D eigenvalue weighted by molar-refractivity contribution is 5.72. The number of halogens is 1. The molecule has 1 aromatic carbocycles. The van der Waals surface area contributed by atoms with E-state index in [-0.39, 0.29) is 18.2 Å². The molecule has 0 N–H and O–H groups in total. The van der Waals surface area contributed by atoms with Crippen molar-refractivity contribution in [2.45, 2.75) is 13.3 Å². The van der Waals surface area contributed by atoms with Crippen LogP contribution in [0.4, 0.5) is 4.39 Å². The molecule has 3 heteroatoms. The quantitative estimate of drug-likeness (QED) is 0.547. The average molecular weight is 206 g/mol. The van der Waals surface area contributed by atoms with Crippen LogP contribution in [0.15, 0.2) is 24.3 Å². The minimum absolute atomic E-state index is 0.0607. The van der Waals surface area contributed by atoms with E-state index in [2.05, 4.69) is 11.8 Å². The maximum Gasteiger partial charge on any atom is 0.317 e. The van der Waals surface area contributed by atoms with E-state index in [0.717, 1.165) is 0 Å². The predicted molar refractivity (Wildman–Crippen MR) is 54.5 cm³/mol. The van der Waals surface area contributed by atoms with Gasteiger partial charge in [-0.05, 0) is 31.2 Å². The van der Waals surface area contributed by atoms with E-state index in [4.69, 9.17) is 4.74 Å². The molecule has 0 saturated carbocycles. The molecule has 15 heavy (non-hydrogen) atoms. The first-order valence-corrected chi connectivity index (χ1v) is 4.62. The summed E-state index contributed by atoms with van der Waals surface area (Å²) in [4.78, 5) is 10.9. The van der Waals surface area contributed by atoms with E-state index >= 15 is 0 Å². The Labute approximate surface area is 88.1 Å². The third kappa shape index (κ3) is 4.28. The van der Waals surface area contributed by atoms with Gasteiger partial charge in [-0.3, -0.25) is 4.79 Å². The molecule has 2 nitrogen and oxygen atoms in total. The number of rotatable bonds is 2. The highest BCUT2D eigenvalue weighted by Crippen LogP contribution is 2.00. The Balaban J connectivity index is 2.51. The average Bonchev–Trinajstić information content (AvgIpc) is 2.21. The maximum atomic E-state index is 12.5. The summed E-state index contributed by atoms with van der Waals surface area (Å²) in [6.07, 6.45) is 0.0607. The third-order valence-electron chi connectivity index (χ3n) is 1.61. The number of esters is 1. The predicted octanol–water partition coefficient (Wildman–Crippen LogP) is 2.13. The van der Waals surface area contributed by atoms with Gasteiger partial charge in [-0.25, -0.2) is 4.39 Å². The summed E-state index contributed by atoms with van der Waals surface area (Å²) in [5, 5.41) is 0. The number of carbonyl (C=O) groups excluding carboxylic acids is 1. The van der Waals surface area contributed by atoms with Gasteiger partial charge in [0.2, 0.25) is 0 Å². The van der Waals surface area contributed by atoms with Gasteiger partial charge in [0.25, 0.3) is 0 Å². The molecule has 0 aliphatic heterocycles. The van der Waals surface area contributed by atoms with Gasteiger partial charge in [-0.15, -0.1) is 0 Å². The van der Waals surface area contributed by atoms with Crippen LogP contribution in [0.5, 0.6) is 0 Å². The first kappa shape index (κ1) is 11.3. The summed E-state index contributed by atoms with van der Waals surface area (Å²) in [6.45, 7) is 2.10. The second-order valence-corrected chi connectivity index (χ2v) is 2.79. The summed E-state index contributed by atoms with van der Waals surface area (Å²) in [5.74, 6) is 4.76. The molecule has 0 saturated heterocycles. The second-order valence-electron chi connectivity index (χ2n) is 2.79. The smallest absolute Gasteiger partial charge is 0.317 e. The van der Waals surface area contributed by atoms with Crippen LogP contribution in [0, 0.1) is 17.7 Å². The topological polar surface area (TPSA) is 26.3 Å². The number of ether oxygens (including phenoxy) is 1. The van der Waals surface area contributed by atoms with Crippen molar-refractivity contribution in [3.63, 3.8) is 0 Å². The molecule has 0 unspecified atom stereocenters. The molecule has 0 spiro atoms. The van der Waals surface area contributed by atoms with Gasteiger partial charge < -0.3 is 4.74 Å². The lowest BCUT2D eigenvalue weighted by atomic mass is 10.2. The maximum absolute atomic E-state index is 12.5. The van der Waals surface area contributed by atoms with Gasteiger partial charge in [-0.1, -0.05) is 11.8 Å².